The van der Waals surface area contributed by atoms with Crippen molar-refractivity contribution < 1.29 is 14.7 Å². The van der Waals surface area contributed by atoms with Gasteiger partial charge in [-0.2, -0.15) is 0 Å². The molecule has 0 radical (unpaired) electrons. The molecule has 1 fully saturated rings. The van der Waals surface area contributed by atoms with Crippen LogP contribution in [0, 0.1) is 5.92 Å². The molecule has 0 unspecified atom stereocenters. The number of nitrogens with one attached hydrogen (secondary N) is 2. The number of rotatable bonds is 4. The van der Waals surface area contributed by atoms with Crippen molar-refractivity contribution in [2.24, 2.45) is 11.7 Å². The van der Waals surface area contributed by atoms with E-state index in [1.807, 2.05) is 13.8 Å². The number of amides is 1. The predicted octanol–water partition coefficient (Wildman–Crippen LogP) is -0.709. The second-order valence-corrected chi connectivity index (χ2v) is 4.84. The first-order chi connectivity index (χ1) is 7.91. The van der Waals surface area contributed by atoms with Gasteiger partial charge >= 0.3 is 5.97 Å². The Hall–Kier alpha value is -1.14. The van der Waals surface area contributed by atoms with Gasteiger partial charge in [-0.3, -0.25) is 9.59 Å². The van der Waals surface area contributed by atoms with Gasteiger partial charge in [0.1, 0.15) is 6.04 Å². The van der Waals surface area contributed by atoms with E-state index in [4.69, 9.17) is 10.8 Å². The Balaban J connectivity index is 2.46. The third kappa shape index (κ3) is 3.98. The molecule has 1 rings (SSSR count). The lowest BCUT2D eigenvalue weighted by molar-refractivity contribution is -0.140. The van der Waals surface area contributed by atoms with Crippen molar-refractivity contribution in [2.45, 2.75) is 44.8 Å². The van der Waals surface area contributed by atoms with E-state index in [0.717, 1.165) is 6.42 Å². The van der Waals surface area contributed by atoms with E-state index in [0.29, 0.717) is 13.0 Å². The first-order valence-corrected chi connectivity index (χ1v) is 5.94. The maximum Gasteiger partial charge on any atom is 0.320 e. The van der Waals surface area contributed by atoms with Crippen LogP contribution in [0.25, 0.3) is 0 Å². The van der Waals surface area contributed by atoms with Crippen LogP contribution >= 0.6 is 0 Å². The lowest BCUT2D eigenvalue weighted by Crippen LogP contribution is -2.54. The Morgan fingerprint density at radius 3 is 2.65 bits per heavy atom. The smallest absolute Gasteiger partial charge is 0.320 e. The maximum absolute atomic E-state index is 11.7. The highest BCUT2D eigenvalue weighted by Crippen LogP contribution is 2.10. The van der Waals surface area contributed by atoms with Gasteiger partial charge in [0.05, 0.1) is 6.04 Å². The van der Waals surface area contributed by atoms with Gasteiger partial charge in [0.15, 0.2) is 0 Å². The van der Waals surface area contributed by atoms with Crippen LogP contribution < -0.4 is 16.4 Å². The molecule has 17 heavy (non-hydrogen) atoms. The van der Waals surface area contributed by atoms with E-state index >= 15 is 0 Å². The number of piperidine rings is 1. The molecule has 0 aromatic rings. The van der Waals surface area contributed by atoms with Gasteiger partial charge in [0.25, 0.3) is 0 Å². The molecule has 1 heterocycles. The van der Waals surface area contributed by atoms with Gasteiger partial charge in [-0.15, -0.1) is 0 Å². The van der Waals surface area contributed by atoms with Gasteiger partial charge in [0.2, 0.25) is 5.91 Å². The van der Waals surface area contributed by atoms with Gasteiger partial charge in [-0.05, 0) is 25.3 Å². The number of carbonyl (C=O) groups excluding carboxylic acids is 1. The van der Waals surface area contributed by atoms with Crippen molar-refractivity contribution in [1.29, 1.82) is 0 Å². The molecule has 5 N–H and O–H groups in total. The molecule has 1 saturated heterocycles. The molecular weight excluding hydrogens is 222 g/mol. The minimum Gasteiger partial charge on any atom is -0.480 e. The second kappa shape index (κ2) is 5.97. The van der Waals surface area contributed by atoms with Gasteiger partial charge in [-0.1, -0.05) is 13.8 Å². The van der Waals surface area contributed by atoms with E-state index in [9.17, 15) is 9.59 Å². The van der Waals surface area contributed by atoms with E-state index < -0.39 is 18.1 Å². The molecule has 0 saturated carbocycles. The van der Waals surface area contributed by atoms with Crippen molar-refractivity contribution >= 4 is 11.9 Å². The number of carboxylic acids is 1. The van der Waals surface area contributed by atoms with Gasteiger partial charge in [0, 0.05) is 6.04 Å². The number of aliphatic carboxylic acids is 1. The molecule has 6 nitrogen and oxygen atoms in total. The van der Waals surface area contributed by atoms with Crippen LogP contribution in [-0.4, -0.2) is 41.7 Å². The molecule has 3 atom stereocenters. The SMILES string of the molecule is CC(C)[C@H](N)C(=O)N[C@H]1CCN[C@@H](C(=O)O)C1. The molecule has 98 valence electrons. The number of carbonyl (C=O) groups is 2. The monoisotopic (exact) mass is 243 g/mol. The Bertz CT molecular complexity index is 294. The fourth-order valence-electron chi connectivity index (χ4n) is 1.84. The van der Waals surface area contributed by atoms with Crippen molar-refractivity contribution in [2.75, 3.05) is 6.54 Å². The highest BCUT2D eigenvalue weighted by molar-refractivity contribution is 5.82. The Labute approximate surface area is 101 Å². The highest BCUT2D eigenvalue weighted by Gasteiger charge is 2.28. The predicted molar refractivity (Wildman–Crippen MR) is 63.4 cm³/mol. The summed E-state index contributed by atoms with van der Waals surface area (Å²) in [6, 6.07) is -1.22. The van der Waals surface area contributed by atoms with Gasteiger partial charge in [-0.25, -0.2) is 0 Å². The zero-order chi connectivity index (χ0) is 13.0. The van der Waals surface area contributed by atoms with Crippen LogP contribution in [0.2, 0.25) is 0 Å². The molecule has 1 amide bonds. The average Bonchev–Trinajstić information content (AvgIpc) is 2.28. The summed E-state index contributed by atoms with van der Waals surface area (Å²) in [5.74, 6) is -1.000. The quantitative estimate of drug-likeness (QED) is 0.522. The minimum atomic E-state index is -0.878. The van der Waals surface area contributed by atoms with Crippen molar-refractivity contribution in [3.05, 3.63) is 0 Å². The summed E-state index contributed by atoms with van der Waals surface area (Å²) in [6.07, 6.45) is 1.15. The van der Waals surface area contributed by atoms with Crippen LogP contribution in [-0.2, 0) is 9.59 Å². The van der Waals surface area contributed by atoms with Crippen LogP contribution in [0.1, 0.15) is 26.7 Å². The van der Waals surface area contributed by atoms with E-state index in [1.54, 1.807) is 0 Å². The van der Waals surface area contributed by atoms with E-state index in [-0.39, 0.29) is 17.9 Å². The van der Waals surface area contributed by atoms with Crippen molar-refractivity contribution in [3.8, 4) is 0 Å². The summed E-state index contributed by atoms with van der Waals surface area (Å²) in [7, 11) is 0. The fraction of sp³-hybridized carbons (Fsp3) is 0.818. The molecule has 0 aromatic carbocycles. The standard InChI is InChI=1S/C11H21N3O3/c1-6(2)9(12)10(15)14-7-3-4-13-8(5-7)11(16)17/h6-9,13H,3-5,12H2,1-2H3,(H,14,15)(H,16,17)/t7-,8+,9-/m0/s1. The largest absolute Gasteiger partial charge is 0.480 e. The molecule has 6 heteroatoms. The molecular formula is C11H21N3O3. The summed E-state index contributed by atoms with van der Waals surface area (Å²) in [5.41, 5.74) is 5.73. The van der Waals surface area contributed by atoms with Gasteiger partial charge < -0.3 is 21.5 Å². The molecule has 0 aromatic heterocycles. The lowest BCUT2D eigenvalue weighted by atomic mass is 9.98. The van der Waals surface area contributed by atoms with Crippen molar-refractivity contribution in [1.82, 2.24) is 10.6 Å². The zero-order valence-electron chi connectivity index (χ0n) is 10.3. The number of nitrogens with two attached hydrogens (primary N) is 1. The van der Waals surface area contributed by atoms with Crippen LogP contribution in [0.5, 0.6) is 0 Å². The minimum absolute atomic E-state index is 0.0759. The summed E-state index contributed by atoms with van der Waals surface area (Å²) in [5, 5.41) is 14.6. The summed E-state index contributed by atoms with van der Waals surface area (Å²) in [6.45, 7) is 4.36. The van der Waals surface area contributed by atoms with E-state index in [2.05, 4.69) is 10.6 Å². The molecule has 1 aliphatic rings. The maximum atomic E-state index is 11.7. The summed E-state index contributed by atoms with van der Waals surface area (Å²) >= 11 is 0. The lowest BCUT2D eigenvalue weighted by Gasteiger charge is -2.29. The first-order valence-electron chi connectivity index (χ1n) is 5.94. The fourth-order valence-corrected chi connectivity index (χ4v) is 1.84. The highest BCUT2D eigenvalue weighted by atomic mass is 16.4. The van der Waals surface area contributed by atoms with E-state index in [1.165, 1.54) is 0 Å². The number of hydrogen-bond donors (Lipinski definition) is 4. The normalized spacial score (nSPS) is 26.6. The van der Waals surface area contributed by atoms with Crippen molar-refractivity contribution in [3.63, 3.8) is 0 Å². The van der Waals surface area contributed by atoms with Crippen LogP contribution in [0.4, 0.5) is 0 Å². The number of hydrogen-bond acceptors (Lipinski definition) is 4. The third-order valence-corrected chi connectivity index (χ3v) is 3.07. The molecule has 1 aliphatic heterocycles. The molecule has 0 spiro atoms. The van der Waals surface area contributed by atoms with Crippen LogP contribution in [0.3, 0.4) is 0 Å². The molecule has 0 bridgehead atoms. The number of carboxylic acid groups (broad SMARTS) is 1. The summed E-state index contributed by atoms with van der Waals surface area (Å²) in [4.78, 5) is 22.6. The van der Waals surface area contributed by atoms with Crippen LogP contribution in [0.15, 0.2) is 0 Å². The third-order valence-electron chi connectivity index (χ3n) is 3.07. The average molecular weight is 243 g/mol. The topological polar surface area (TPSA) is 104 Å². The Morgan fingerprint density at radius 1 is 1.47 bits per heavy atom. The first kappa shape index (κ1) is 13.9. The zero-order valence-corrected chi connectivity index (χ0v) is 10.3. The second-order valence-electron chi connectivity index (χ2n) is 4.84. The Kier molecular flexibility index (Phi) is 4.89. The molecule has 0 aliphatic carbocycles. The Morgan fingerprint density at radius 2 is 2.12 bits per heavy atom. The summed E-state index contributed by atoms with van der Waals surface area (Å²) < 4.78 is 0.